The second-order valence-corrected chi connectivity index (χ2v) is 6.23. The zero-order chi connectivity index (χ0) is 16.1. The van der Waals surface area contributed by atoms with E-state index in [1.54, 1.807) is 6.92 Å². The second-order valence-electron chi connectivity index (χ2n) is 4.31. The van der Waals surface area contributed by atoms with Crippen LogP contribution in [0.4, 0.5) is 17.6 Å². The van der Waals surface area contributed by atoms with E-state index in [0.29, 0.717) is 6.07 Å². The molecule has 0 spiro atoms. The van der Waals surface area contributed by atoms with E-state index in [0.717, 1.165) is 6.07 Å². The molecule has 0 heterocycles. The Kier molecular flexibility index (Phi) is 6.11. The summed E-state index contributed by atoms with van der Waals surface area (Å²) in [4.78, 5) is 0. The fraction of sp³-hybridized carbons (Fsp3) is 0.500. The van der Waals surface area contributed by atoms with Crippen molar-refractivity contribution < 1.29 is 26.0 Å². The number of rotatable bonds is 7. The molecule has 0 atom stereocenters. The molecule has 9 heteroatoms. The fourth-order valence-electron chi connectivity index (χ4n) is 1.63. The molecule has 0 saturated heterocycles. The lowest BCUT2D eigenvalue weighted by Gasteiger charge is -2.11. The Bertz CT molecular complexity index is 573. The Hall–Kier alpha value is -1.19. The van der Waals surface area contributed by atoms with Crippen LogP contribution in [0.1, 0.15) is 18.1 Å². The fourth-order valence-corrected chi connectivity index (χ4v) is 2.63. The maximum Gasteiger partial charge on any atom is 0.419 e. The summed E-state index contributed by atoms with van der Waals surface area (Å²) < 4.78 is 75.5. The first-order valence-corrected chi connectivity index (χ1v) is 7.84. The molecule has 120 valence electrons. The van der Waals surface area contributed by atoms with E-state index in [2.05, 4.69) is 10.0 Å². The van der Waals surface area contributed by atoms with Crippen LogP contribution in [0, 0.1) is 5.82 Å². The molecule has 0 radical (unpaired) electrons. The molecule has 0 aliphatic carbocycles. The monoisotopic (exact) mass is 328 g/mol. The van der Waals surface area contributed by atoms with Crippen LogP contribution >= 0.6 is 0 Å². The van der Waals surface area contributed by atoms with Crippen LogP contribution in [0.3, 0.4) is 0 Å². The molecule has 0 amide bonds. The van der Waals surface area contributed by atoms with Gasteiger partial charge in [-0.2, -0.15) is 13.2 Å². The number of hydrogen-bond donors (Lipinski definition) is 2. The normalized spacial score (nSPS) is 12.6. The van der Waals surface area contributed by atoms with E-state index in [9.17, 15) is 26.0 Å². The van der Waals surface area contributed by atoms with Gasteiger partial charge in [-0.3, -0.25) is 0 Å². The second kappa shape index (κ2) is 7.19. The predicted molar refractivity (Wildman–Crippen MR) is 70.6 cm³/mol. The van der Waals surface area contributed by atoms with Gasteiger partial charge in [-0.05, 0) is 17.7 Å². The van der Waals surface area contributed by atoms with Crippen molar-refractivity contribution >= 4 is 10.0 Å². The molecule has 1 rings (SSSR count). The maximum absolute atomic E-state index is 13.1. The van der Waals surface area contributed by atoms with Gasteiger partial charge in [-0.15, -0.1) is 0 Å². The first-order chi connectivity index (χ1) is 9.65. The molecule has 0 bridgehead atoms. The minimum atomic E-state index is -4.76. The lowest BCUT2D eigenvalue weighted by molar-refractivity contribution is -0.140. The Balaban J connectivity index is 2.58. The molecule has 1 aromatic carbocycles. The van der Waals surface area contributed by atoms with Crippen molar-refractivity contribution in [1.82, 2.24) is 10.0 Å². The molecule has 0 aromatic heterocycles. The van der Waals surface area contributed by atoms with E-state index in [1.165, 1.54) is 6.07 Å². The number of hydrogen-bond acceptors (Lipinski definition) is 3. The van der Waals surface area contributed by atoms with Gasteiger partial charge in [0.1, 0.15) is 5.82 Å². The summed E-state index contributed by atoms with van der Waals surface area (Å²) >= 11 is 0. The third-order valence-corrected chi connectivity index (χ3v) is 4.05. The average Bonchev–Trinajstić information content (AvgIpc) is 2.35. The standard InChI is InChI=1S/C12H16F4N2O2S/c1-2-18-21(19,20)6-5-17-8-9-3-4-11(13)10(7-9)12(14,15)16/h3-4,7,17-18H,2,5-6,8H2,1H3. The maximum atomic E-state index is 13.1. The van der Waals surface area contributed by atoms with Crippen LogP contribution < -0.4 is 10.0 Å². The summed E-state index contributed by atoms with van der Waals surface area (Å²) in [5.41, 5.74) is -1.10. The summed E-state index contributed by atoms with van der Waals surface area (Å²) in [6.07, 6.45) is -4.76. The molecule has 0 saturated carbocycles. The lowest BCUT2D eigenvalue weighted by Crippen LogP contribution is -2.31. The van der Waals surface area contributed by atoms with Gasteiger partial charge in [0.05, 0.1) is 11.3 Å². The minimum Gasteiger partial charge on any atom is -0.312 e. The number of nitrogens with one attached hydrogen (secondary N) is 2. The molecule has 0 unspecified atom stereocenters. The zero-order valence-corrected chi connectivity index (χ0v) is 12.1. The summed E-state index contributed by atoms with van der Waals surface area (Å²) in [5.74, 6) is -1.52. The van der Waals surface area contributed by atoms with Gasteiger partial charge < -0.3 is 5.32 Å². The lowest BCUT2D eigenvalue weighted by atomic mass is 10.1. The molecule has 2 N–H and O–H groups in total. The molecular weight excluding hydrogens is 312 g/mol. The quantitative estimate of drug-likeness (QED) is 0.593. The predicted octanol–water partition coefficient (Wildman–Crippen LogP) is 1.87. The van der Waals surface area contributed by atoms with Crippen LogP contribution in [0.25, 0.3) is 0 Å². The van der Waals surface area contributed by atoms with E-state index >= 15 is 0 Å². The van der Waals surface area contributed by atoms with Crippen LogP contribution in [-0.4, -0.2) is 27.3 Å². The zero-order valence-electron chi connectivity index (χ0n) is 11.3. The molecular formula is C12H16F4N2O2S. The van der Waals surface area contributed by atoms with Gasteiger partial charge in [0, 0.05) is 19.6 Å². The van der Waals surface area contributed by atoms with Crippen molar-refractivity contribution in [3.63, 3.8) is 0 Å². The number of benzene rings is 1. The van der Waals surface area contributed by atoms with E-state index in [-0.39, 0.29) is 31.0 Å². The van der Waals surface area contributed by atoms with Gasteiger partial charge in [0.2, 0.25) is 10.0 Å². The van der Waals surface area contributed by atoms with Crippen LogP contribution in [-0.2, 0) is 22.7 Å². The van der Waals surface area contributed by atoms with Crippen LogP contribution in [0.5, 0.6) is 0 Å². The first-order valence-electron chi connectivity index (χ1n) is 6.19. The van der Waals surface area contributed by atoms with Gasteiger partial charge in [0.15, 0.2) is 0 Å². The van der Waals surface area contributed by atoms with Crippen LogP contribution in [0.15, 0.2) is 18.2 Å². The third-order valence-electron chi connectivity index (χ3n) is 2.58. The van der Waals surface area contributed by atoms with Crippen molar-refractivity contribution in [1.29, 1.82) is 0 Å². The van der Waals surface area contributed by atoms with Crippen molar-refractivity contribution in [2.45, 2.75) is 19.6 Å². The highest BCUT2D eigenvalue weighted by molar-refractivity contribution is 7.89. The first kappa shape index (κ1) is 17.9. The highest BCUT2D eigenvalue weighted by Crippen LogP contribution is 2.31. The third kappa shape index (κ3) is 5.98. The van der Waals surface area contributed by atoms with E-state index in [1.807, 2.05) is 0 Å². The van der Waals surface area contributed by atoms with Gasteiger partial charge in [0.25, 0.3) is 0 Å². The average molecular weight is 328 g/mol. The summed E-state index contributed by atoms with van der Waals surface area (Å²) in [5, 5.41) is 2.71. The van der Waals surface area contributed by atoms with Gasteiger partial charge >= 0.3 is 6.18 Å². The molecule has 21 heavy (non-hydrogen) atoms. The smallest absolute Gasteiger partial charge is 0.312 e. The Morgan fingerprint density at radius 1 is 1.24 bits per heavy atom. The highest BCUT2D eigenvalue weighted by atomic mass is 32.2. The number of alkyl halides is 3. The largest absolute Gasteiger partial charge is 0.419 e. The molecule has 0 aliphatic rings. The Morgan fingerprint density at radius 3 is 2.48 bits per heavy atom. The topological polar surface area (TPSA) is 58.2 Å². The number of halogens is 4. The SMILES string of the molecule is CCNS(=O)(=O)CCNCc1ccc(F)c(C(F)(F)F)c1. The van der Waals surface area contributed by atoms with Crippen LogP contribution in [0.2, 0.25) is 0 Å². The van der Waals surface area contributed by atoms with Crippen molar-refractivity contribution in [2.24, 2.45) is 0 Å². The number of sulfonamides is 1. The van der Waals surface area contributed by atoms with Crippen molar-refractivity contribution in [2.75, 3.05) is 18.8 Å². The minimum absolute atomic E-state index is 0.0189. The Morgan fingerprint density at radius 2 is 1.90 bits per heavy atom. The summed E-state index contributed by atoms with van der Waals surface area (Å²) in [6.45, 7) is 2.01. The van der Waals surface area contributed by atoms with Crippen molar-refractivity contribution in [3.8, 4) is 0 Å². The van der Waals surface area contributed by atoms with E-state index < -0.39 is 27.6 Å². The van der Waals surface area contributed by atoms with Gasteiger partial charge in [-0.25, -0.2) is 17.5 Å². The molecule has 4 nitrogen and oxygen atoms in total. The molecule has 0 fully saturated rings. The summed E-state index contributed by atoms with van der Waals surface area (Å²) in [7, 11) is -3.38. The summed E-state index contributed by atoms with van der Waals surface area (Å²) in [6, 6.07) is 2.67. The molecule has 0 aliphatic heterocycles. The van der Waals surface area contributed by atoms with Gasteiger partial charge in [-0.1, -0.05) is 13.0 Å². The van der Waals surface area contributed by atoms with E-state index in [4.69, 9.17) is 0 Å². The van der Waals surface area contributed by atoms with Crippen molar-refractivity contribution in [3.05, 3.63) is 35.1 Å². The Labute approximate surface area is 120 Å². The molecule has 1 aromatic rings. The highest BCUT2D eigenvalue weighted by Gasteiger charge is 2.34.